The number of nitrogens with one attached hydrogen (secondary N) is 1. The van der Waals surface area contributed by atoms with Crippen molar-refractivity contribution in [3.8, 4) is 0 Å². The van der Waals surface area contributed by atoms with Gasteiger partial charge in [-0.05, 0) is 24.6 Å². The number of benzene rings is 1. The molecule has 1 atom stereocenters. The van der Waals surface area contributed by atoms with Crippen molar-refractivity contribution in [2.45, 2.75) is 12.5 Å². The summed E-state index contributed by atoms with van der Waals surface area (Å²) in [7, 11) is 0. The molecular weight excluding hydrogens is 317 g/mol. The Morgan fingerprint density at radius 1 is 1.68 bits per heavy atom. The van der Waals surface area contributed by atoms with Gasteiger partial charge in [-0.2, -0.15) is 0 Å². The lowest BCUT2D eigenvalue weighted by Crippen LogP contribution is -2.51. The van der Waals surface area contributed by atoms with E-state index in [1.807, 2.05) is 0 Å². The fraction of sp³-hybridized carbons (Fsp3) is 0.364. The molecule has 1 aromatic carbocycles. The monoisotopic (exact) mass is 329 g/mol. The molecule has 0 aliphatic rings. The van der Waals surface area contributed by atoms with E-state index in [-0.39, 0.29) is 18.7 Å². The second-order valence-electron chi connectivity index (χ2n) is 3.99. The first-order chi connectivity index (χ1) is 8.91. The van der Waals surface area contributed by atoms with Crippen LogP contribution < -0.4 is 11.1 Å². The molecule has 19 heavy (non-hydrogen) atoms. The van der Waals surface area contributed by atoms with E-state index in [0.29, 0.717) is 4.47 Å². The summed E-state index contributed by atoms with van der Waals surface area (Å²) in [5.74, 6) is -1.26. The summed E-state index contributed by atoms with van der Waals surface area (Å²) in [4.78, 5) is 14.2. The summed E-state index contributed by atoms with van der Waals surface area (Å²) < 4.78 is 14.5. The molecule has 6 nitrogen and oxygen atoms in total. The van der Waals surface area contributed by atoms with Gasteiger partial charge in [-0.15, -0.1) is 0 Å². The van der Waals surface area contributed by atoms with E-state index < -0.39 is 17.3 Å². The van der Waals surface area contributed by atoms with Crippen LogP contribution in [0.1, 0.15) is 12.5 Å². The molecule has 3 N–H and O–H groups in total. The molecule has 8 heteroatoms. The van der Waals surface area contributed by atoms with Gasteiger partial charge < -0.3 is 5.73 Å². The molecule has 0 saturated carbocycles. The summed E-state index contributed by atoms with van der Waals surface area (Å²) in [5.41, 5.74) is 12.3. The van der Waals surface area contributed by atoms with Gasteiger partial charge in [0.05, 0.1) is 0 Å². The van der Waals surface area contributed by atoms with E-state index in [1.54, 1.807) is 6.07 Å². The summed E-state index contributed by atoms with van der Waals surface area (Å²) >= 11 is 3.14. The van der Waals surface area contributed by atoms with Crippen molar-refractivity contribution in [3.05, 3.63) is 44.5 Å². The molecule has 0 spiro atoms. The zero-order chi connectivity index (χ0) is 14.5. The normalized spacial score (nSPS) is 13.4. The summed E-state index contributed by atoms with van der Waals surface area (Å²) in [6.07, 6.45) is 0. The van der Waals surface area contributed by atoms with Gasteiger partial charge >= 0.3 is 0 Å². The minimum Gasteiger partial charge on any atom is -0.368 e. The maximum absolute atomic E-state index is 13.9. The third kappa shape index (κ3) is 3.66. The number of azide groups is 1. The van der Waals surface area contributed by atoms with Gasteiger partial charge in [0, 0.05) is 28.0 Å². The fourth-order valence-electron chi connectivity index (χ4n) is 1.61. The van der Waals surface area contributed by atoms with Crippen molar-refractivity contribution in [2.75, 3.05) is 13.1 Å². The molecule has 1 amide bonds. The SMILES string of the molecule is CC(NCCN=[N+]=[N-])(C(N)=O)c1ccc(Br)cc1F. The van der Waals surface area contributed by atoms with E-state index in [9.17, 15) is 9.18 Å². The molecule has 0 saturated heterocycles. The fourth-order valence-corrected chi connectivity index (χ4v) is 1.94. The predicted octanol–water partition coefficient (Wildman–Crippen LogP) is 2.19. The van der Waals surface area contributed by atoms with Crippen molar-refractivity contribution in [3.63, 3.8) is 0 Å². The zero-order valence-electron chi connectivity index (χ0n) is 10.2. The number of nitrogens with two attached hydrogens (primary N) is 1. The first-order valence-corrected chi connectivity index (χ1v) is 6.22. The van der Waals surface area contributed by atoms with E-state index in [4.69, 9.17) is 11.3 Å². The Balaban J connectivity index is 3.04. The number of carbonyl (C=O) groups excluding carboxylic acids is 1. The Labute approximate surface area is 117 Å². The maximum atomic E-state index is 13.9. The molecule has 0 heterocycles. The van der Waals surface area contributed by atoms with Crippen molar-refractivity contribution >= 4 is 21.8 Å². The van der Waals surface area contributed by atoms with E-state index in [0.717, 1.165) is 0 Å². The van der Waals surface area contributed by atoms with E-state index in [2.05, 4.69) is 31.3 Å². The average molecular weight is 330 g/mol. The number of carbonyl (C=O) groups is 1. The lowest BCUT2D eigenvalue weighted by Gasteiger charge is -2.28. The second-order valence-corrected chi connectivity index (χ2v) is 4.91. The number of rotatable bonds is 6. The molecule has 1 aromatic rings. The second kappa shape index (κ2) is 6.51. The Hall–Kier alpha value is -1.63. The Morgan fingerprint density at radius 3 is 2.89 bits per heavy atom. The van der Waals surface area contributed by atoms with Crippen molar-refractivity contribution < 1.29 is 9.18 Å². The minimum absolute atomic E-state index is 0.136. The Kier molecular flexibility index (Phi) is 5.29. The first kappa shape index (κ1) is 15.4. The van der Waals surface area contributed by atoms with Crippen LogP contribution in [0.3, 0.4) is 0 Å². The standard InChI is InChI=1S/C11H13BrFN5O/c1-11(10(14)19,16-4-5-17-18-15)8-3-2-7(12)6-9(8)13/h2-3,6,16H,4-5H2,1H3,(H2,14,19). The van der Waals surface area contributed by atoms with Crippen molar-refractivity contribution in [2.24, 2.45) is 10.8 Å². The molecule has 0 aliphatic heterocycles. The molecule has 0 radical (unpaired) electrons. The number of hydrogen-bond acceptors (Lipinski definition) is 3. The van der Waals surface area contributed by atoms with Crippen LogP contribution in [-0.4, -0.2) is 19.0 Å². The van der Waals surface area contributed by atoms with Crippen LogP contribution in [0.4, 0.5) is 4.39 Å². The molecule has 0 aromatic heterocycles. The predicted molar refractivity (Wildman–Crippen MR) is 72.7 cm³/mol. The molecule has 0 aliphatic carbocycles. The number of halogens is 2. The highest BCUT2D eigenvalue weighted by atomic mass is 79.9. The number of hydrogen-bond donors (Lipinski definition) is 2. The topological polar surface area (TPSA) is 104 Å². The molecule has 0 bridgehead atoms. The van der Waals surface area contributed by atoms with Gasteiger partial charge in [-0.3, -0.25) is 10.1 Å². The van der Waals surface area contributed by atoms with E-state index >= 15 is 0 Å². The smallest absolute Gasteiger partial charge is 0.242 e. The average Bonchev–Trinajstić information content (AvgIpc) is 2.34. The minimum atomic E-state index is -1.37. The first-order valence-electron chi connectivity index (χ1n) is 5.43. The summed E-state index contributed by atoms with van der Waals surface area (Å²) in [5, 5.41) is 6.14. The molecule has 102 valence electrons. The third-order valence-electron chi connectivity index (χ3n) is 2.72. The Bertz CT molecular complexity index is 532. The lowest BCUT2D eigenvalue weighted by atomic mass is 9.90. The van der Waals surface area contributed by atoms with Crippen LogP contribution in [-0.2, 0) is 10.3 Å². The summed E-state index contributed by atoms with van der Waals surface area (Å²) in [6, 6.07) is 4.35. The maximum Gasteiger partial charge on any atom is 0.242 e. The quantitative estimate of drug-likeness (QED) is 0.361. The van der Waals surface area contributed by atoms with Gasteiger partial charge in [0.1, 0.15) is 11.4 Å². The number of nitrogens with zero attached hydrogens (tertiary/aromatic N) is 3. The van der Waals surface area contributed by atoms with Gasteiger partial charge in [0.2, 0.25) is 5.91 Å². The summed E-state index contributed by atoms with van der Waals surface area (Å²) in [6.45, 7) is 1.83. The molecular formula is C11H13BrFN5O. The van der Waals surface area contributed by atoms with Crippen LogP contribution in [0.25, 0.3) is 10.4 Å². The third-order valence-corrected chi connectivity index (χ3v) is 3.21. The van der Waals surface area contributed by atoms with Crippen molar-refractivity contribution in [1.29, 1.82) is 0 Å². The van der Waals surface area contributed by atoms with Gasteiger partial charge in [0.25, 0.3) is 0 Å². The molecule has 1 rings (SSSR count). The van der Waals surface area contributed by atoms with Crippen LogP contribution in [0.2, 0.25) is 0 Å². The molecule has 0 fully saturated rings. The van der Waals surface area contributed by atoms with Gasteiger partial charge in [-0.25, -0.2) is 4.39 Å². The van der Waals surface area contributed by atoms with Crippen LogP contribution in [0.5, 0.6) is 0 Å². The lowest BCUT2D eigenvalue weighted by molar-refractivity contribution is -0.124. The highest BCUT2D eigenvalue weighted by molar-refractivity contribution is 9.10. The zero-order valence-corrected chi connectivity index (χ0v) is 11.8. The highest BCUT2D eigenvalue weighted by Crippen LogP contribution is 2.25. The number of amides is 1. The largest absolute Gasteiger partial charge is 0.368 e. The van der Waals surface area contributed by atoms with Crippen LogP contribution >= 0.6 is 15.9 Å². The number of primary amides is 1. The highest BCUT2D eigenvalue weighted by Gasteiger charge is 2.34. The van der Waals surface area contributed by atoms with Gasteiger partial charge in [0.15, 0.2) is 0 Å². The van der Waals surface area contributed by atoms with Gasteiger partial charge in [-0.1, -0.05) is 27.1 Å². The van der Waals surface area contributed by atoms with Crippen LogP contribution in [0.15, 0.2) is 27.8 Å². The Morgan fingerprint density at radius 2 is 2.37 bits per heavy atom. The van der Waals surface area contributed by atoms with Crippen molar-refractivity contribution in [1.82, 2.24) is 5.32 Å². The van der Waals surface area contributed by atoms with Crippen LogP contribution in [0, 0.1) is 5.82 Å². The molecule has 1 unspecified atom stereocenters. The van der Waals surface area contributed by atoms with E-state index in [1.165, 1.54) is 19.1 Å².